The first-order valence-corrected chi connectivity index (χ1v) is 9.81. The smallest absolute Gasteiger partial charge is 0.278 e. The van der Waals surface area contributed by atoms with Gasteiger partial charge in [0.2, 0.25) is 0 Å². The summed E-state index contributed by atoms with van der Waals surface area (Å²) < 4.78 is 6.60. The molecule has 2 aromatic heterocycles. The summed E-state index contributed by atoms with van der Waals surface area (Å²) in [6.45, 7) is 10.00. The molecule has 1 unspecified atom stereocenters. The van der Waals surface area contributed by atoms with E-state index in [1.54, 1.807) is 24.3 Å². The molecule has 0 aliphatic carbocycles. The summed E-state index contributed by atoms with van der Waals surface area (Å²) in [7, 11) is 1.52. The largest absolute Gasteiger partial charge is 0.354 e. The molecule has 1 aromatic carbocycles. The lowest BCUT2D eigenvalue weighted by Crippen LogP contribution is -2.31. The van der Waals surface area contributed by atoms with E-state index in [1.165, 1.54) is 11.6 Å². The number of fused-ring (bicyclic) bond motifs is 3. The molecule has 9 heteroatoms. The number of carbonyl (C=O) groups is 1. The third-order valence-corrected chi connectivity index (χ3v) is 3.78. The minimum absolute atomic E-state index is 0.293. The van der Waals surface area contributed by atoms with Gasteiger partial charge in [0.15, 0.2) is 11.9 Å². The number of methoxy groups -OCH3 is 1. The Morgan fingerprint density at radius 3 is 2.61 bits per heavy atom. The standard InChI is InChI=1S/C15H16ClN5O3.2C2H6/c1-3-4-13(23-2)24-18-15(22)11-7-9-5-6-10(16)8-12(9)21-14(11)17-19-20-21;2*1-2/h5-8,13H,3-4H2,1-2H3,(H,18,22);2*1-2H3. The van der Waals surface area contributed by atoms with Crippen LogP contribution in [0.25, 0.3) is 16.6 Å². The minimum atomic E-state index is -0.509. The Morgan fingerprint density at radius 1 is 1.25 bits per heavy atom. The molecule has 0 radical (unpaired) electrons. The van der Waals surface area contributed by atoms with E-state index in [0.717, 1.165) is 11.8 Å². The van der Waals surface area contributed by atoms with Gasteiger partial charge in [0.25, 0.3) is 5.91 Å². The monoisotopic (exact) mass is 409 g/mol. The normalized spacial score (nSPS) is 11.2. The molecule has 0 aliphatic heterocycles. The highest BCUT2D eigenvalue weighted by Gasteiger charge is 2.18. The summed E-state index contributed by atoms with van der Waals surface area (Å²) in [5.74, 6) is -0.454. The number of ether oxygens (including phenoxy) is 1. The van der Waals surface area contributed by atoms with Gasteiger partial charge in [0.1, 0.15) is 0 Å². The maximum atomic E-state index is 12.5. The third-order valence-electron chi connectivity index (χ3n) is 3.55. The Morgan fingerprint density at radius 2 is 1.96 bits per heavy atom. The number of amides is 1. The average molecular weight is 410 g/mol. The van der Waals surface area contributed by atoms with Crippen LogP contribution in [0.15, 0.2) is 24.3 Å². The SMILES string of the molecule is CC.CC.CCCC(OC)ONC(=O)c1cc2ccc(Cl)cc2n2nnnc12. The van der Waals surface area contributed by atoms with Crippen molar-refractivity contribution in [2.24, 2.45) is 0 Å². The molecule has 0 bridgehead atoms. The third kappa shape index (κ3) is 5.60. The van der Waals surface area contributed by atoms with Crippen LogP contribution in [0.4, 0.5) is 0 Å². The van der Waals surface area contributed by atoms with Gasteiger partial charge in [-0.15, -0.1) is 5.10 Å². The first-order valence-electron chi connectivity index (χ1n) is 9.43. The summed E-state index contributed by atoms with van der Waals surface area (Å²) in [5.41, 5.74) is 3.71. The van der Waals surface area contributed by atoms with E-state index in [1.807, 2.05) is 34.6 Å². The molecule has 28 heavy (non-hydrogen) atoms. The highest BCUT2D eigenvalue weighted by atomic mass is 35.5. The molecule has 1 atom stereocenters. The molecule has 154 valence electrons. The van der Waals surface area contributed by atoms with Crippen LogP contribution in [-0.4, -0.2) is 39.3 Å². The Labute approximate surface area is 170 Å². The maximum Gasteiger partial charge on any atom is 0.278 e. The molecule has 1 N–H and O–H groups in total. The van der Waals surface area contributed by atoms with E-state index >= 15 is 0 Å². The van der Waals surface area contributed by atoms with Crippen molar-refractivity contribution < 1.29 is 14.4 Å². The molecule has 3 rings (SSSR count). The summed E-state index contributed by atoms with van der Waals surface area (Å²) >= 11 is 6.02. The van der Waals surface area contributed by atoms with Gasteiger partial charge in [-0.3, -0.25) is 4.79 Å². The van der Waals surface area contributed by atoms with Gasteiger partial charge in [0.05, 0.1) is 11.1 Å². The number of nitrogens with zero attached hydrogens (tertiary/aromatic N) is 4. The van der Waals surface area contributed by atoms with Crippen LogP contribution < -0.4 is 5.48 Å². The van der Waals surface area contributed by atoms with Gasteiger partial charge < -0.3 is 4.74 Å². The van der Waals surface area contributed by atoms with Gasteiger partial charge in [-0.25, -0.2) is 10.3 Å². The van der Waals surface area contributed by atoms with Crippen molar-refractivity contribution in [1.29, 1.82) is 0 Å². The number of carbonyl (C=O) groups excluding carboxylic acids is 1. The molecule has 1 amide bonds. The van der Waals surface area contributed by atoms with Crippen LogP contribution in [0.5, 0.6) is 0 Å². The van der Waals surface area contributed by atoms with Crippen molar-refractivity contribution >= 4 is 34.1 Å². The molecule has 8 nitrogen and oxygen atoms in total. The second kappa shape index (κ2) is 12.2. The van der Waals surface area contributed by atoms with E-state index in [-0.39, 0.29) is 0 Å². The highest BCUT2D eigenvalue weighted by Crippen LogP contribution is 2.22. The van der Waals surface area contributed by atoms with E-state index in [0.29, 0.717) is 28.2 Å². The second-order valence-corrected chi connectivity index (χ2v) is 5.61. The van der Waals surface area contributed by atoms with Gasteiger partial charge in [0, 0.05) is 23.9 Å². The number of benzene rings is 1. The molecule has 0 spiro atoms. The van der Waals surface area contributed by atoms with E-state index in [2.05, 4.69) is 21.0 Å². The first-order chi connectivity index (χ1) is 13.6. The zero-order valence-electron chi connectivity index (χ0n) is 17.2. The summed E-state index contributed by atoms with van der Waals surface area (Å²) in [5, 5.41) is 12.8. The van der Waals surface area contributed by atoms with E-state index in [4.69, 9.17) is 21.2 Å². The average Bonchev–Trinajstić information content (AvgIpc) is 3.23. The zero-order valence-corrected chi connectivity index (χ0v) is 17.9. The van der Waals surface area contributed by atoms with E-state index < -0.39 is 12.2 Å². The van der Waals surface area contributed by atoms with Crippen LogP contribution in [0.1, 0.15) is 57.8 Å². The summed E-state index contributed by atoms with van der Waals surface area (Å²) in [6.07, 6.45) is 1.02. The number of hydrogen-bond acceptors (Lipinski definition) is 6. The van der Waals surface area contributed by atoms with Crippen molar-refractivity contribution in [3.8, 4) is 0 Å². The topological polar surface area (TPSA) is 90.6 Å². The molecular formula is C19H28ClN5O3. The number of nitrogens with one attached hydrogen (secondary N) is 1. The lowest BCUT2D eigenvalue weighted by Gasteiger charge is -2.15. The first kappa shape index (κ1) is 23.7. The van der Waals surface area contributed by atoms with Crippen LogP contribution in [0.2, 0.25) is 5.02 Å². The van der Waals surface area contributed by atoms with Crippen molar-refractivity contribution in [3.63, 3.8) is 0 Å². The number of rotatable bonds is 6. The Hall–Kier alpha value is -2.29. The molecular weight excluding hydrogens is 382 g/mol. The fourth-order valence-electron chi connectivity index (χ4n) is 2.36. The molecule has 0 aliphatic rings. The van der Waals surface area contributed by atoms with Gasteiger partial charge in [-0.2, -0.15) is 4.52 Å². The Balaban J connectivity index is 0.000000921. The Bertz CT molecular complexity index is 885. The van der Waals surface area contributed by atoms with Crippen LogP contribution in [0.3, 0.4) is 0 Å². The second-order valence-electron chi connectivity index (χ2n) is 5.18. The van der Waals surface area contributed by atoms with Gasteiger partial charge >= 0.3 is 0 Å². The highest BCUT2D eigenvalue weighted by molar-refractivity contribution is 6.31. The number of halogens is 1. The van der Waals surface area contributed by atoms with E-state index in [9.17, 15) is 4.79 Å². The maximum absolute atomic E-state index is 12.5. The van der Waals surface area contributed by atoms with Gasteiger partial charge in [-0.05, 0) is 28.6 Å². The van der Waals surface area contributed by atoms with Crippen LogP contribution >= 0.6 is 11.6 Å². The predicted octanol–water partition coefficient (Wildman–Crippen LogP) is 4.42. The fourth-order valence-corrected chi connectivity index (χ4v) is 2.53. The lowest BCUT2D eigenvalue weighted by molar-refractivity contribution is -0.157. The number of hydrogen-bond donors (Lipinski definition) is 1. The quantitative estimate of drug-likeness (QED) is 0.478. The zero-order chi connectivity index (χ0) is 21.1. The molecule has 0 fully saturated rings. The van der Waals surface area contributed by atoms with Crippen molar-refractivity contribution in [1.82, 2.24) is 25.5 Å². The molecule has 0 saturated carbocycles. The summed E-state index contributed by atoms with van der Waals surface area (Å²) in [6, 6.07) is 6.96. The minimum Gasteiger partial charge on any atom is -0.354 e. The van der Waals surface area contributed by atoms with Crippen molar-refractivity contribution in [2.75, 3.05) is 7.11 Å². The fraction of sp³-hybridized carbons (Fsp3) is 0.474. The summed E-state index contributed by atoms with van der Waals surface area (Å²) in [4.78, 5) is 17.7. The van der Waals surface area contributed by atoms with Crippen LogP contribution in [-0.2, 0) is 9.57 Å². The van der Waals surface area contributed by atoms with Crippen molar-refractivity contribution in [3.05, 3.63) is 34.9 Å². The lowest BCUT2D eigenvalue weighted by atomic mass is 10.1. The number of aromatic nitrogens is 4. The number of pyridine rings is 1. The van der Waals surface area contributed by atoms with Crippen LogP contribution in [0, 0.1) is 0 Å². The number of hydroxylamine groups is 1. The Kier molecular flexibility index (Phi) is 10.4. The van der Waals surface area contributed by atoms with Gasteiger partial charge in [-0.1, -0.05) is 58.7 Å². The molecule has 3 aromatic rings. The number of tetrazole rings is 1. The van der Waals surface area contributed by atoms with Crippen molar-refractivity contribution in [2.45, 2.75) is 53.8 Å². The molecule has 2 heterocycles. The molecule has 0 saturated heterocycles. The predicted molar refractivity (Wildman–Crippen MR) is 110 cm³/mol.